The quantitative estimate of drug-likeness (QED) is 0.137. The standard InChI is InChI=1S/C25H28N6O6S3/c1-12(2)30(17(32)9-38)15-6-4-5-13(8-15)7-14-10-39-23-19(22(34)31(23)20(14)24(35)36)28-21(33)18(29-37-3)16-11-40-25(26)27-16/h4-6,8,11-12,19,23,38H,7,9-10H2,1-3H3,(H2,26,27)(H,28,33)(H,35,36). The highest BCUT2D eigenvalue weighted by molar-refractivity contribution is 8.00. The summed E-state index contributed by atoms with van der Waals surface area (Å²) in [5, 5.41) is 17.6. The van der Waals surface area contributed by atoms with Crippen molar-refractivity contribution in [3.8, 4) is 0 Å². The van der Waals surface area contributed by atoms with E-state index < -0.39 is 29.2 Å². The van der Waals surface area contributed by atoms with Gasteiger partial charge >= 0.3 is 5.97 Å². The van der Waals surface area contributed by atoms with Crippen LogP contribution in [-0.2, 0) is 30.4 Å². The predicted octanol–water partition coefficient (Wildman–Crippen LogP) is 1.73. The SMILES string of the molecule is CON=C(C(=O)NC1C(=O)N2C(C(=O)O)=C(Cc3cccc(N(C(=O)CS)C(C)C)c3)CSC12)c1csc(N)n1. The zero-order valence-corrected chi connectivity index (χ0v) is 24.4. The van der Waals surface area contributed by atoms with Crippen LogP contribution in [-0.4, -0.2) is 80.5 Å². The van der Waals surface area contributed by atoms with Crippen molar-refractivity contribution in [3.63, 3.8) is 0 Å². The van der Waals surface area contributed by atoms with E-state index in [2.05, 4.69) is 28.1 Å². The van der Waals surface area contributed by atoms with Crippen molar-refractivity contribution in [3.05, 3.63) is 52.2 Å². The molecule has 4 rings (SSSR count). The van der Waals surface area contributed by atoms with Gasteiger partial charge in [-0.25, -0.2) is 9.78 Å². The lowest BCUT2D eigenvalue weighted by molar-refractivity contribution is -0.150. The molecule has 3 amide bonds. The number of oxime groups is 1. The minimum Gasteiger partial charge on any atom is -0.477 e. The molecule has 0 bridgehead atoms. The van der Waals surface area contributed by atoms with Crippen molar-refractivity contribution < 1.29 is 29.1 Å². The summed E-state index contributed by atoms with van der Waals surface area (Å²) < 4.78 is 0. The molecule has 1 saturated heterocycles. The second-order valence-corrected chi connectivity index (χ2v) is 11.5. The number of β-lactam (4-membered cyclic amide) rings is 1. The van der Waals surface area contributed by atoms with Gasteiger partial charge in [0.15, 0.2) is 10.8 Å². The molecule has 3 heterocycles. The number of carboxylic acid groups (broad SMARTS) is 1. The van der Waals surface area contributed by atoms with Gasteiger partial charge in [-0.15, -0.1) is 23.1 Å². The fraction of sp³-hybridized carbons (Fsp3) is 0.360. The van der Waals surface area contributed by atoms with Crippen LogP contribution in [0, 0.1) is 0 Å². The number of carbonyl (C=O) groups is 4. The van der Waals surface area contributed by atoms with Gasteiger partial charge in [0.25, 0.3) is 11.8 Å². The zero-order valence-electron chi connectivity index (χ0n) is 21.9. The first-order valence-electron chi connectivity index (χ1n) is 12.1. The van der Waals surface area contributed by atoms with Crippen LogP contribution >= 0.6 is 35.7 Å². The lowest BCUT2D eigenvalue weighted by atomic mass is 9.98. The minimum atomic E-state index is -1.23. The molecule has 0 saturated carbocycles. The number of fused-ring (bicyclic) bond motifs is 1. The van der Waals surface area contributed by atoms with Crippen molar-refractivity contribution in [1.29, 1.82) is 0 Å². The van der Waals surface area contributed by atoms with Crippen molar-refractivity contribution in [2.45, 2.75) is 37.7 Å². The number of hydrogen-bond acceptors (Lipinski definition) is 11. The molecule has 1 fully saturated rings. The fourth-order valence-electron chi connectivity index (χ4n) is 4.59. The van der Waals surface area contributed by atoms with Crippen LogP contribution in [0.3, 0.4) is 0 Å². The van der Waals surface area contributed by atoms with Crippen LogP contribution < -0.4 is 16.0 Å². The summed E-state index contributed by atoms with van der Waals surface area (Å²) in [5.74, 6) is -2.23. The molecule has 2 unspecified atom stereocenters. The number of amides is 3. The summed E-state index contributed by atoms with van der Waals surface area (Å²) in [7, 11) is 1.27. The summed E-state index contributed by atoms with van der Waals surface area (Å²) in [4.78, 5) is 62.5. The molecule has 15 heteroatoms. The number of nitrogens with zero attached hydrogens (tertiary/aromatic N) is 4. The van der Waals surface area contributed by atoms with E-state index in [0.717, 1.165) is 16.9 Å². The van der Waals surface area contributed by atoms with E-state index in [-0.39, 0.29) is 46.4 Å². The van der Waals surface area contributed by atoms with Crippen LogP contribution in [0.4, 0.5) is 10.8 Å². The van der Waals surface area contributed by atoms with Gasteiger partial charge in [0.05, 0.1) is 5.75 Å². The number of aromatic nitrogens is 1. The molecule has 1 aromatic heterocycles. The number of benzene rings is 1. The molecule has 0 radical (unpaired) electrons. The van der Waals surface area contributed by atoms with Gasteiger partial charge in [0.2, 0.25) is 5.91 Å². The monoisotopic (exact) mass is 604 g/mol. The van der Waals surface area contributed by atoms with Crippen molar-refractivity contribution in [1.82, 2.24) is 15.2 Å². The van der Waals surface area contributed by atoms with Gasteiger partial charge in [0.1, 0.15) is 29.9 Å². The Morgan fingerprint density at radius 3 is 2.73 bits per heavy atom. The normalized spacial score (nSPS) is 18.8. The summed E-state index contributed by atoms with van der Waals surface area (Å²) in [6.45, 7) is 3.80. The van der Waals surface area contributed by atoms with Gasteiger partial charge in [-0.05, 0) is 43.5 Å². The molecule has 1 aromatic carbocycles. The maximum Gasteiger partial charge on any atom is 0.352 e. The molecule has 2 aliphatic rings. The largest absolute Gasteiger partial charge is 0.477 e. The Hall–Kier alpha value is -3.56. The number of rotatable bonds is 10. The Labute approximate surface area is 244 Å². The molecule has 212 valence electrons. The molecule has 4 N–H and O–H groups in total. The number of nitrogens with two attached hydrogens (primary N) is 1. The number of aliphatic carboxylic acids is 1. The van der Waals surface area contributed by atoms with Crippen molar-refractivity contribution in [2.75, 3.05) is 29.2 Å². The van der Waals surface area contributed by atoms with E-state index >= 15 is 0 Å². The highest BCUT2D eigenvalue weighted by Crippen LogP contribution is 2.41. The van der Waals surface area contributed by atoms with Crippen LogP contribution in [0.25, 0.3) is 0 Å². The van der Waals surface area contributed by atoms with E-state index in [1.165, 1.54) is 29.2 Å². The first-order chi connectivity index (χ1) is 19.1. The maximum absolute atomic E-state index is 13.1. The van der Waals surface area contributed by atoms with Crippen LogP contribution in [0.5, 0.6) is 0 Å². The Morgan fingerprint density at radius 1 is 1.38 bits per heavy atom. The van der Waals surface area contributed by atoms with E-state index in [4.69, 9.17) is 10.6 Å². The summed E-state index contributed by atoms with van der Waals surface area (Å²) in [6, 6.07) is 6.26. The van der Waals surface area contributed by atoms with E-state index in [9.17, 15) is 24.3 Å². The minimum absolute atomic E-state index is 0.0557. The maximum atomic E-state index is 13.1. The summed E-state index contributed by atoms with van der Waals surface area (Å²) >= 11 is 6.59. The van der Waals surface area contributed by atoms with Gasteiger partial charge in [-0.3, -0.25) is 19.3 Å². The first kappa shape index (κ1) is 29.4. The Kier molecular flexibility index (Phi) is 9.05. The van der Waals surface area contributed by atoms with Gasteiger partial charge in [0, 0.05) is 22.9 Å². The number of thioether (sulfide) groups is 1. The zero-order chi connectivity index (χ0) is 29.1. The third-order valence-electron chi connectivity index (χ3n) is 6.23. The molecule has 12 nitrogen and oxygen atoms in total. The molecule has 2 aromatic rings. The second kappa shape index (κ2) is 12.3. The third-order valence-corrected chi connectivity index (χ3v) is 8.51. The molecular weight excluding hydrogens is 577 g/mol. The lowest BCUT2D eigenvalue weighted by Crippen LogP contribution is -2.71. The second-order valence-electron chi connectivity index (χ2n) is 9.17. The smallest absolute Gasteiger partial charge is 0.352 e. The summed E-state index contributed by atoms with van der Waals surface area (Å²) in [5.41, 5.74) is 7.65. The average molecular weight is 605 g/mol. The van der Waals surface area contributed by atoms with E-state index in [1.807, 2.05) is 32.0 Å². The Bertz CT molecular complexity index is 1410. The van der Waals surface area contributed by atoms with Crippen LogP contribution in [0.1, 0.15) is 25.1 Å². The van der Waals surface area contributed by atoms with E-state index in [1.54, 1.807) is 11.0 Å². The highest BCUT2D eigenvalue weighted by atomic mass is 32.2. The molecule has 0 aliphatic carbocycles. The average Bonchev–Trinajstić information content (AvgIpc) is 3.35. The van der Waals surface area contributed by atoms with Gasteiger partial charge in [-0.1, -0.05) is 17.3 Å². The lowest BCUT2D eigenvalue weighted by Gasteiger charge is -2.49. The van der Waals surface area contributed by atoms with Crippen molar-refractivity contribution >= 4 is 75.9 Å². The Balaban J connectivity index is 1.55. The topological polar surface area (TPSA) is 168 Å². The van der Waals surface area contributed by atoms with Crippen LogP contribution in [0.15, 0.2) is 46.1 Å². The number of hydrogen-bond donors (Lipinski definition) is 4. The number of nitrogens with one attached hydrogen (secondary N) is 1. The Morgan fingerprint density at radius 2 is 2.12 bits per heavy atom. The number of thiazole rings is 1. The van der Waals surface area contributed by atoms with Gasteiger partial charge in [-0.2, -0.15) is 12.6 Å². The number of thiol groups is 1. The number of carboxylic acids is 1. The third kappa shape index (κ3) is 5.81. The first-order valence-corrected chi connectivity index (χ1v) is 14.7. The molecular formula is C25H28N6O6S3. The fourth-order valence-corrected chi connectivity index (χ4v) is 6.64. The number of anilines is 2. The number of nitrogen functional groups attached to an aromatic ring is 1. The van der Waals surface area contributed by atoms with Crippen LogP contribution in [0.2, 0.25) is 0 Å². The highest BCUT2D eigenvalue weighted by Gasteiger charge is 2.54. The molecule has 2 aliphatic heterocycles. The summed E-state index contributed by atoms with van der Waals surface area (Å²) in [6.07, 6.45) is 0.271. The van der Waals surface area contributed by atoms with Gasteiger partial charge < -0.3 is 25.9 Å². The molecule has 40 heavy (non-hydrogen) atoms. The predicted molar refractivity (Wildman–Crippen MR) is 156 cm³/mol. The molecule has 0 spiro atoms. The van der Waals surface area contributed by atoms with E-state index in [0.29, 0.717) is 17.0 Å². The number of carbonyl (C=O) groups excluding carboxylic acids is 3. The molecule has 2 atom stereocenters. The van der Waals surface area contributed by atoms with Crippen molar-refractivity contribution in [2.24, 2.45) is 5.16 Å².